The van der Waals surface area contributed by atoms with Crippen LogP contribution in [0, 0.1) is 0 Å². The maximum absolute atomic E-state index is 12.4. The molecule has 0 N–H and O–H groups in total. The van der Waals surface area contributed by atoms with Gasteiger partial charge in [0.2, 0.25) is 0 Å². The van der Waals surface area contributed by atoms with Gasteiger partial charge in [-0.3, -0.25) is 4.21 Å². The summed E-state index contributed by atoms with van der Waals surface area (Å²) in [7, 11) is -1.64. The van der Waals surface area contributed by atoms with Crippen molar-refractivity contribution in [3.05, 3.63) is 57.7 Å². The summed E-state index contributed by atoms with van der Waals surface area (Å²) in [5, 5.41) is 0.740. The summed E-state index contributed by atoms with van der Waals surface area (Å²) in [6.45, 7) is 0. The van der Waals surface area contributed by atoms with Crippen molar-refractivity contribution in [2.24, 2.45) is 0 Å². The molecule has 2 nitrogen and oxygen atoms in total. The van der Waals surface area contributed by atoms with Gasteiger partial charge in [0, 0.05) is 21.8 Å². The number of nitrogens with zero attached hydrogens (tertiary/aromatic N) is 1. The van der Waals surface area contributed by atoms with Gasteiger partial charge >= 0.3 is 6.18 Å². The van der Waals surface area contributed by atoms with Crippen LogP contribution in [0.3, 0.4) is 0 Å². The van der Waals surface area contributed by atoms with Gasteiger partial charge in [0.05, 0.1) is 22.1 Å². The summed E-state index contributed by atoms with van der Waals surface area (Å²) < 4.78 is 49.4. The van der Waals surface area contributed by atoms with E-state index in [1.165, 1.54) is 0 Å². The molecule has 2 rings (SSSR count). The lowest BCUT2D eigenvalue weighted by Gasteiger charge is -2.08. The zero-order valence-electron chi connectivity index (χ0n) is 10.3. The highest BCUT2D eigenvalue weighted by molar-refractivity contribution is 7.84. The quantitative estimate of drug-likeness (QED) is 0.799. The Bertz CT molecular complexity index is 654. The zero-order valence-corrected chi connectivity index (χ0v) is 12.7. The van der Waals surface area contributed by atoms with E-state index in [0.717, 1.165) is 12.1 Å². The Morgan fingerprint density at radius 1 is 1.10 bits per heavy atom. The second-order valence-electron chi connectivity index (χ2n) is 4.07. The molecule has 1 unspecified atom stereocenters. The Morgan fingerprint density at radius 3 is 2.19 bits per heavy atom. The van der Waals surface area contributed by atoms with E-state index in [-0.39, 0.29) is 10.8 Å². The Balaban J connectivity index is 2.21. The Labute approximate surface area is 131 Å². The molecule has 0 bridgehead atoms. The Hall–Kier alpha value is -1.11. The van der Waals surface area contributed by atoms with E-state index in [9.17, 15) is 17.4 Å². The lowest BCUT2D eigenvalue weighted by atomic mass is 10.2. The van der Waals surface area contributed by atoms with E-state index in [1.807, 2.05) is 0 Å². The van der Waals surface area contributed by atoms with Gasteiger partial charge < -0.3 is 0 Å². The number of aromatic nitrogens is 1. The van der Waals surface area contributed by atoms with Crippen molar-refractivity contribution >= 4 is 34.0 Å². The second kappa shape index (κ2) is 6.34. The molecule has 0 aliphatic carbocycles. The average molecular weight is 354 g/mol. The molecular weight excluding hydrogens is 346 g/mol. The molecule has 0 aliphatic rings. The minimum atomic E-state index is -4.47. The summed E-state index contributed by atoms with van der Waals surface area (Å²) in [5.74, 6) is -0.0170. The predicted octanol–water partition coefficient (Wildman–Crippen LogP) is 4.72. The van der Waals surface area contributed by atoms with Crippen LogP contribution in [0.5, 0.6) is 0 Å². The van der Waals surface area contributed by atoms with Crippen LogP contribution in [0.4, 0.5) is 13.2 Å². The van der Waals surface area contributed by atoms with Crippen LogP contribution >= 0.6 is 23.2 Å². The van der Waals surface area contributed by atoms with Crippen molar-refractivity contribution in [2.45, 2.75) is 17.0 Å². The first-order valence-corrected chi connectivity index (χ1v) is 7.71. The monoisotopic (exact) mass is 353 g/mol. The van der Waals surface area contributed by atoms with Gasteiger partial charge in [-0.25, -0.2) is 4.98 Å². The topological polar surface area (TPSA) is 30.0 Å². The first kappa shape index (κ1) is 16.3. The van der Waals surface area contributed by atoms with E-state index in [4.69, 9.17) is 23.2 Å². The van der Waals surface area contributed by atoms with Crippen LogP contribution in [0.25, 0.3) is 0 Å². The second-order valence-corrected chi connectivity index (χ2v) is 6.29. The van der Waals surface area contributed by atoms with Crippen LogP contribution < -0.4 is 0 Å². The first-order valence-electron chi connectivity index (χ1n) is 5.63. The van der Waals surface area contributed by atoms with E-state index in [1.54, 1.807) is 18.2 Å². The lowest BCUT2D eigenvalue weighted by Crippen LogP contribution is -2.07. The van der Waals surface area contributed by atoms with E-state index >= 15 is 0 Å². The van der Waals surface area contributed by atoms with Crippen LogP contribution in [0.1, 0.15) is 11.1 Å². The summed E-state index contributed by atoms with van der Waals surface area (Å²) >= 11 is 11.9. The normalized spacial score (nSPS) is 13.2. The highest BCUT2D eigenvalue weighted by Gasteiger charge is 2.30. The van der Waals surface area contributed by atoms with Crippen molar-refractivity contribution in [1.82, 2.24) is 4.98 Å². The number of halogens is 5. The predicted molar refractivity (Wildman–Crippen MR) is 75.8 cm³/mol. The fourth-order valence-corrected chi connectivity index (χ4v) is 3.36. The Kier molecular flexibility index (Phi) is 4.91. The molecule has 0 spiro atoms. The van der Waals surface area contributed by atoms with E-state index in [2.05, 4.69) is 4.98 Å². The summed E-state index contributed by atoms with van der Waals surface area (Å²) in [4.78, 5) is 3.59. The van der Waals surface area contributed by atoms with Crippen molar-refractivity contribution < 1.29 is 17.4 Å². The average Bonchev–Trinajstić information content (AvgIpc) is 2.42. The SMILES string of the molecule is O=S(Cc1c(Cl)cccc1Cl)c1ccc(C(F)(F)F)cn1. The van der Waals surface area contributed by atoms with Crippen LogP contribution in [0.2, 0.25) is 10.0 Å². The van der Waals surface area contributed by atoms with Gasteiger partial charge in [0.25, 0.3) is 0 Å². The minimum absolute atomic E-state index is 0.0170. The molecule has 2 aromatic rings. The van der Waals surface area contributed by atoms with Crippen molar-refractivity contribution in [3.8, 4) is 0 Å². The standard InChI is InChI=1S/C13H8Cl2F3NOS/c14-10-2-1-3-11(15)9(10)7-21(20)12-5-4-8(6-19-12)13(16,17)18/h1-6H,7H2. The highest BCUT2D eigenvalue weighted by atomic mass is 35.5. The summed E-state index contributed by atoms with van der Waals surface area (Å²) in [6.07, 6.45) is -3.82. The molecule has 0 amide bonds. The van der Waals surface area contributed by atoms with Crippen LogP contribution in [-0.4, -0.2) is 9.19 Å². The van der Waals surface area contributed by atoms with Gasteiger partial charge in [-0.05, 0) is 24.3 Å². The van der Waals surface area contributed by atoms with Crippen LogP contribution in [-0.2, 0) is 22.7 Å². The number of pyridine rings is 1. The highest BCUT2D eigenvalue weighted by Crippen LogP contribution is 2.30. The molecule has 1 aromatic heterocycles. The number of hydrogen-bond donors (Lipinski definition) is 0. The molecule has 8 heteroatoms. The third-order valence-electron chi connectivity index (χ3n) is 2.63. The molecule has 21 heavy (non-hydrogen) atoms. The maximum atomic E-state index is 12.4. The van der Waals surface area contributed by atoms with Gasteiger partial charge in [0.1, 0.15) is 5.03 Å². The molecule has 112 valence electrons. The third kappa shape index (κ3) is 3.96. The van der Waals surface area contributed by atoms with E-state index < -0.39 is 22.5 Å². The maximum Gasteiger partial charge on any atom is 0.417 e. The Morgan fingerprint density at radius 2 is 1.71 bits per heavy atom. The van der Waals surface area contributed by atoms with Crippen molar-refractivity contribution in [2.75, 3.05) is 0 Å². The molecule has 0 radical (unpaired) electrons. The van der Waals surface area contributed by atoms with Gasteiger partial charge in [-0.1, -0.05) is 29.3 Å². The summed E-state index contributed by atoms with van der Waals surface area (Å²) in [6, 6.07) is 6.77. The fraction of sp³-hybridized carbons (Fsp3) is 0.154. The number of rotatable bonds is 3. The van der Waals surface area contributed by atoms with Crippen molar-refractivity contribution in [3.63, 3.8) is 0 Å². The lowest BCUT2D eigenvalue weighted by molar-refractivity contribution is -0.137. The molecule has 1 heterocycles. The minimum Gasteiger partial charge on any atom is -0.252 e. The third-order valence-corrected chi connectivity index (χ3v) is 4.60. The molecular formula is C13H8Cl2F3NOS. The van der Waals surface area contributed by atoms with Crippen LogP contribution in [0.15, 0.2) is 41.6 Å². The number of alkyl halides is 3. The number of benzene rings is 1. The van der Waals surface area contributed by atoms with Gasteiger partial charge in [0.15, 0.2) is 0 Å². The molecule has 0 saturated heterocycles. The van der Waals surface area contributed by atoms with E-state index in [0.29, 0.717) is 21.8 Å². The smallest absolute Gasteiger partial charge is 0.252 e. The molecule has 0 saturated carbocycles. The molecule has 0 aliphatic heterocycles. The van der Waals surface area contributed by atoms with Gasteiger partial charge in [-0.2, -0.15) is 13.2 Å². The molecule has 1 atom stereocenters. The summed E-state index contributed by atoms with van der Waals surface area (Å²) in [5.41, 5.74) is -0.417. The molecule has 1 aromatic carbocycles. The molecule has 0 fully saturated rings. The van der Waals surface area contributed by atoms with Gasteiger partial charge in [-0.15, -0.1) is 0 Å². The fourth-order valence-electron chi connectivity index (χ4n) is 1.56. The number of hydrogen-bond acceptors (Lipinski definition) is 2. The first-order chi connectivity index (χ1) is 9.79. The largest absolute Gasteiger partial charge is 0.417 e. The van der Waals surface area contributed by atoms with Crippen molar-refractivity contribution in [1.29, 1.82) is 0 Å². The zero-order chi connectivity index (χ0) is 15.6.